The van der Waals surface area contributed by atoms with E-state index in [9.17, 15) is 0 Å². The molecule has 0 saturated carbocycles. The van der Waals surface area contributed by atoms with Crippen molar-refractivity contribution in [2.24, 2.45) is 0 Å². The van der Waals surface area contributed by atoms with E-state index in [1.165, 1.54) is 0 Å². The van der Waals surface area contributed by atoms with Crippen molar-refractivity contribution >= 4 is 0 Å². The van der Waals surface area contributed by atoms with Gasteiger partial charge in [0.05, 0.1) is 0 Å². The minimum Gasteiger partial charge on any atom is -0.473 e. The quantitative estimate of drug-likeness (QED) is 0.633. The molecular weight excluding hydrogens is 126 g/mol. The van der Waals surface area contributed by atoms with Crippen molar-refractivity contribution in [3.05, 3.63) is 18.3 Å². The smallest absolute Gasteiger partial charge is 0.191 e. The largest absolute Gasteiger partial charge is 0.473 e. The predicted molar refractivity (Wildman–Crippen MR) is 41.2 cm³/mol. The fourth-order valence-corrected chi connectivity index (χ4v) is 0.707. The summed E-state index contributed by atoms with van der Waals surface area (Å²) < 4.78 is 5.49. The van der Waals surface area contributed by atoms with Crippen molar-refractivity contribution in [3.8, 4) is 5.88 Å². The number of rotatable bonds is 1. The topological polar surface area (TPSA) is 25.0 Å². The lowest BCUT2D eigenvalue weighted by Gasteiger charge is -2.19. The molecule has 2 nitrogen and oxygen atoms in total. The van der Waals surface area contributed by atoms with Crippen LogP contribution >= 0.6 is 0 Å². The van der Waals surface area contributed by atoms with Gasteiger partial charge in [0.25, 0.3) is 0 Å². The maximum atomic E-state index is 5.49. The molecule has 0 spiro atoms. The van der Waals surface area contributed by atoms with Crippen molar-refractivity contribution in [1.82, 2.24) is 4.98 Å². The number of H-pyrrole nitrogens is 1. The normalized spacial score (nSPS) is 11.5. The van der Waals surface area contributed by atoms with Gasteiger partial charge in [-0.2, -0.15) is 0 Å². The van der Waals surface area contributed by atoms with E-state index in [0.717, 1.165) is 5.88 Å². The highest BCUT2D eigenvalue weighted by Gasteiger charge is 2.11. The molecule has 0 aliphatic rings. The van der Waals surface area contributed by atoms with Gasteiger partial charge in [0.2, 0.25) is 0 Å². The highest BCUT2D eigenvalue weighted by Crippen LogP contribution is 2.13. The molecule has 0 aliphatic carbocycles. The summed E-state index contributed by atoms with van der Waals surface area (Å²) in [6.45, 7) is 6.06. The van der Waals surface area contributed by atoms with Crippen LogP contribution in [0.25, 0.3) is 0 Å². The van der Waals surface area contributed by atoms with E-state index in [-0.39, 0.29) is 5.60 Å². The standard InChI is InChI=1S/C8H13NO/c1-8(2,3)10-7-5-4-6-9-7/h4-6,9H,1-3H3. The molecule has 0 amide bonds. The number of hydrogen-bond acceptors (Lipinski definition) is 1. The van der Waals surface area contributed by atoms with Gasteiger partial charge in [-0.3, -0.25) is 0 Å². The molecule has 1 heterocycles. The molecule has 10 heavy (non-hydrogen) atoms. The van der Waals surface area contributed by atoms with Crippen molar-refractivity contribution in [3.63, 3.8) is 0 Å². The van der Waals surface area contributed by atoms with Gasteiger partial charge < -0.3 is 9.72 Å². The van der Waals surface area contributed by atoms with E-state index >= 15 is 0 Å². The average Bonchev–Trinajstić information content (AvgIpc) is 2.12. The SMILES string of the molecule is CC(C)(C)Oc1ccc[nH]1. The Morgan fingerprint density at radius 3 is 2.50 bits per heavy atom. The van der Waals surface area contributed by atoms with E-state index in [0.29, 0.717) is 0 Å². The lowest BCUT2D eigenvalue weighted by atomic mass is 10.2. The maximum absolute atomic E-state index is 5.49. The first-order chi connectivity index (χ1) is 4.58. The van der Waals surface area contributed by atoms with Crippen LogP contribution in [-0.2, 0) is 0 Å². The first-order valence-corrected chi connectivity index (χ1v) is 3.40. The Kier molecular flexibility index (Phi) is 1.70. The number of aromatic nitrogens is 1. The molecule has 0 saturated heterocycles. The van der Waals surface area contributed by atoms with Crippen molar-refractivity contribution in [2.45, 2.75) is 26.4 Å². The molecule has 2 heteroatoms. The minimum absolute atomic E-state index is 0.106. The Balaban J connectivity index is 2.57. The van der Waals surface area contributed by atoms with Gasteiger partial charge in [0.15, 0.2) is 5.88 Å². The third kappa shape index (κ3) is 2.13. The molecule has 1 N–H and O–H groups in total. The van der Waals surface area contributed by atoms with Crippen LogP contribution in [0.3, 0.4) is 0 Å². The molecule has 0 radical (unpaired) electrons. The zero-order chi connectivity index (χ0) is 7.61. The van der Waals surface area contributed by atoms with Crippen LogP contribution in [-0.4, -0.2) is 10.6 Å². The van der Waals surface area contributed by atoms with E-state index in [4.69, 9.17) is 4.74 Å². The van der Waals surface area contributed by atoms with Crippen LogP contribution in [0.15, 0.2) is 18.3 Å². The van der Waals surface area contributed by atoms with Gasteiger partial charge in [0.1, 0.15) is 5.60 Å². The van der Waals surface area contributed by atoms with Crippen LogP contribution < -0.4 is 4.74 Å². The second kappa shape index (κ2) is 2.37. The Hall–Kier alpha value is -0.920. The summed E-state index contributed by atoms with van der Waals surface area (Å²) in [5.74, 6) is 0.826. The van der Waals surface area contributed by atoms with Gasteiger partial charge in [-0.05, 0) is 32.9 Å². The number of ether oxygens (including phenoxy) is 1. The van der Waals surface area contributed by atoms with Crippen LogP contribution in [0, 0.1) is 0 Å². The third-order valence-electron chi connectivity index (χ3n) is 0.986. The molecule has 1 aromatic heterocycles. The lowest BCUT2D eigenvalue weighted by molar-refractivity contribution is 0.125. The Labute approximate surface area is 61.2 Å². The molecule has 0 aliphatic heterocycles. The molecule has 0 fully saturated rings. The van der Waals surface area contributed by atoms with Crippen molar-refractivity contribution in [2.75, 3.05) is 0 Å². The van der Waals surface area contributed by atoms with Gasteiger partial charge >= 0.3 is 0 Å². The summed E-state index contributed by atoms with van der Waals surface area (Å²) in [6, 6.07) is 3.83. The summed E-state index contributed by atoms with van der Waals surface area (Å²) in [5, 5.41) is 0. The number of aromatic amines is 1. The Morgan fingerprint density at radius 2 is 2.10 bits per heavy atom. The lowest BCUT2D eigenvalue weighted by Crippen LogP contribution is -2.22. The first kappa shape index (κ1) is 7.19. The molecule has 0 bridgehead atoms. The molecule has 1 rings (SSSR count). The van der Waals surface area contributed by atoms with E-state index in [1.54, 1.807) is 0 Å². The fourth-order valence-electron chi connectivity index (χ4n) is 0.707. The predicted octanol–water partition coefficient (Wildman–Crippen LogP) is 2.19. The van der Waals surface area contributed by atoms with Crippen LogP contribution in [0.1, 0.15) is 20.8 Å². The van der Waals surface area contributed by atoms with E-state index in [1.807, 2.05) is 39.1 Å². The number of hydrogen-bond donors (Lipinski definition) is 1. The van der Waals surface area contributed by atoms with E-state index in [2.05, 4.69) is 4.98 Å². The summed E-state index contributed by atoms with van der Waals surface area (Å²) in [6.07, 6.45) is 1.85. The Morgan fingerprint density at radius 1 is 1.40 bits per heavy atom. The minimum atomic E-state index is -0.106. The third-order valence-corrected chi connectivity index (χ3v) is 0.986. The summed E-state index contributed by atoms with van der Waals surface area (Å²) in [4.78, 5) is 2.97. The monoisotopic (exact) mass is 139 g/mol. The van der Waals surface area contributed by atoms with Gasteiger partial charge in [-0.15, -0.1) is 0 Å². The molecular formula is C8H13NO. The second-order valence-corrected chi connectivity index (χ2v) is 3.25. The Bertz CT molecular complexity index is 184. The number of nitrogens with one attached hydrogen (secondary N) is 1. The van der Waals surface area contributed by atoms with Gasteiger partial charge in [0, 0.05) is 6.20 Å². The van der Waals surface area contributed by atoms with Crippen LogP contribution in [0.5, 0.6) is 5.88 Å². The molecule has 1 aromatic rings. The summed E-state index contributed by atoms with van der Waals surface area (Å²) in [5.41, 5.74) is -0.106. The molecule has 0 unspecified atom stereocenters. The highest BCUT2D eigenvalue weighted by atomic mass is 16.5. The molecule has 56 valence electrons. The zero-order valence-electron chi connectivity index (χ0n) is 6.64. The van der Waals surface area contributed by atoms with E-state index < -0.39 is 0 Å². The van der Waals surface area contributed by atoms with Gasteiger partial charge in [-0.25, -0.2) is 0 Å². The zero-order valence-corrected chi connectivity index (χ0v) is 6.64. The average molecular weight is 139 g/mol. The highest BCUT2D eigenvalue weighted by molar-refractivity contribution is 5.10. The first-order valence-electron chi connectivity index (χ1n) is 3.40. The maximum Gasteiger partial charge on any atom is 0.191 e. The molecule has 0 atom stereocenters. The van der Waals surface area contributed by atoms with Crippen molar-refractivity contribution in [1.29, 1.82) is 0 Å². The van der Waals surface area contributed by atoms with Gasteiger partial charge in [-0.1, -0.05) is 0 Å². The molecule has 0 aromatic carbocycles. The fraction of sp³-hybridized carbons (Fsp3) is 0.500. The summed E-state index contributed by atoms with van der Waals surface area (Å²) in [7, 11) is 0. The van der Waals surface area contributed by atoms with Crippen LogP contribution in [0.4, 0.5) is 0 Å². The summed E-state index contributed by atoms with van der Waals surface area (Å²) >= 11 is 0. The second-order valence-electron chi connectivity index (χ2n) is 3.25. The van der Waals surface area contributed by atoms with Crippen LogP contribution in [0.2, 0.25) is 0 Å². The van der Waals surface area contributed by atoms with Crippen molar-refractivity contribution < 1.29 is 4.74 Å².